The monoisotopic (exact) mass is 240 g/mol. The van der Waals surface area contributed by atoms with Crippen molar-refractivity contribution in [3.8, 4) is 0 Å². The van der Waals surface area contributed by atoms with Gasteiger partial charge in [0.25, 0.3) is 0 Å². The third-order valence-electron chi connectivity index (χ3n) is 2.35. The molecule has 0 fully saturated rings. The Kier molecular flexibility index (Phi) is 4.35. The van der Waals surface area contributed by atoms with E-state index in [1.807, 2.05) is 46.8 Å². The van der Waals surface area contributed by atoms with Crippen molar-refractivity contribution in [1.82, 2.24) is 9.71 Å². The summed E-state index contributed by atoms with van der Waals surface area (Å²) in [6.07, 6.45) is 1.77. The van der Waals surface area contributed by atoms with E-state index in [2.05, 4.69) is 9.71 Å². The largest absolute Gasteiger partial charge is 0.598 e. The lowest BCUT2D eigenvalue weighted by Crippen LogP contribution is -2.40. The van der Waals surface area contributed by atoms with E-state index in [9.17, 15) is 4.55 Å². The number of pyridine rings is 1. The highest BCUT2D eigenvalue weighted by molar-refractivity contribution is 7.90. The normalized spacial score (nSPS) is 15.9. The average molecular weight is 240 g/mol. The van der Waals surface area contributed by atoms with Crippen LogP contribution in [0.3, 0.4) is 0 Å². The summed E-state index contributed by atoms with van der Waals surface area (Å²) < 4.78 is 14.8. The van der Waals surface area contributed by atoms with Crippen LogP contribution in [-0.2, 0) is 11.4 Å². The maximum atomic E-state index is 11.9. The molecule has 0 aliphatic heterocycles. The molecule has 0 saturated carbocycles. The number of hydrogen-bond donors (Lipinski definition) is 1. The number of aromatic nitrogens is 1. The third kappa shape index (κ3) is 3.47. The Morgan fingerprint density at radius 3 is 2.56 bits per heavy atom. The van der Waals surface area contributed by atoms with Crippen LogP contribution in [0.1, 0.15) is 45.0 Å². The molecular formula is C12H20N2OS. The molecule has 1 unspecified atom stereocenters. The first-order valence-corrected chi connectivity index (χ1v) is 6.57. The molecular weight excluding hydrogens is 220 g/mol. The summed E-state index contributed by atoms with van der Waals surface area (Å²) in [6.45, 7) is 9.85. The number of nitrogens with one attached hydrogen (secondary N) is 1. The predicted molar refractivity (Wildman–Crippen MR) is 68.4 cm³/mol. The Balaban J connectivity index is 2.73. The van der Waals surface area contributed by atoms with Crippen molar-refractivity contribution in [1.29, 1.82) is 0 Å². The van der Waals surface area contributed by atoms with Gasteiger partial charge in [-0.25, -0.2) is 0 Å². The van der Waals surface area contributed by atoms with Gasteiger partial charge in [0.05, 0.1) is 6.04 Å². The van der Waals surface area contributed by atoms with Gasteiger partial charge in [0.2, 0.25) is 0 Å². The molecule has 1 heterocycles. The van der Waals surface area contributed by atoms with Gasteiger partial charge in [0.15, 0.2) is 0 Å². The molecule has 90 valence electrons. The van der Waals surface area contributed by atoms with Crippen LogP contribution in [-0.4, -0.2) is 14.3 Å². The molecule has 1 aromatic rings. The van der Waals surface area contributed by atoms with Gasteiger partial charge in [-0.15, -0.1) is 4.72 Å². The van der Waals surface area contributed by atoms with Gasteiger partial charge in [-0.1, -0.05) is 6.07 Å². The van der Waals surface area contributed by atoms with Gasteiger partial charge in [-0.3, -0.25) is 4.98 Å². The van der Waals surface area contributed by atoms with Crippen LogP contribution in [0, 0.1) is 6.92 Å². The summed E-state index contributed by atoms with van der Waals surface area (Å²) >= 11 is -1.05. The second-order valence-corrected chi connectivity index (χ2v) is 6.90. The second-order valence-electron chi connectivity index (χ2n) is 4.90. The number of aryl methyl sites for hydroxylation is 1. The zero-order chi connectivity index (χ0) is 12.3. The average Bonchev–Trinajstić information content (AvgIpc) is 2.16. The van der Waals surface area contributed by atoms with Gasteiger partial charge in [-0.05, 0) is 46.2 Å². The van der Waals surface area contributed by atoms with Gasteiger partial charge >= 0.3 is 0 Å². The first-order chi connectivity index (χ1) is 7.32. The van der Waals surface area contributed by atoms with Crippen molar-refractivity contribution >= 4 is 11.4 Å². The van der Waals surface area contributed by atoms with E-state index in [1.165, 1.54) is 0 Å². The van der Waals surface area contributed by atoms with Crippen LogP contribution in [0.25, 0.3) is 0 Å². The summed E-state index contributed by atoms with van der Waals surface area (Å²) in [5.41, 5.74) is 2.08. The van der Waals surface area contributed by atoms with Gasteiger partial charge in [0.1, 0.15) is 4.75 Å². The van der Waals surface area contributed by atoms with E-state index in [1.54, 1.807) is 6.20 Å². The zero-order valence-electron chi connectivity index (χ0n) is 10.6. The highest BCUT2D eigenvalue weighted by Crippen LogP contribution is 2.20. The highest BCUT2D eigenvalue weighted by atomic mass is 32.2. The van der Waals surface area contributed by atoms with Crippen molar-refractivity contribution in [2.24, 2.45) is 0 Å². The fourth-order valence-electron chi connectivity index (χ4n) is 1.36. The summed E-state index contributed by atoms with van der Waals surface area (Å²) in [7, 11) is 0. The Hall–Kier alpha value is -0.580. The van der Waals surface area contributed by atoms with E-state index >= 15 is 0 Å². The summed E-state index contributed by atoms with van der Waals surface area (Å²) in [5.74, 6) is 0. The first kappa shape index (κ1) is 13.5. The Bertz CT molecular complexity index is 349. The first-order valence-electron chi connectivity index (χ1n) is 5.42. The summed E-state index contributed by atoms with van der Waals surface area (Å²) in [4.78, 5) is 4.23. The molecule has 1 N–H and O–H groups in total. The van der Waals surface area contributed by atoms with Crippen LogP contribution in [0.4, 0.5) is 0 Å². The molecule has 1 aromatic heterocycles. The molecule has 0 aliphatic rings. The molecule has 0 amide bonds. The molecule has 3 nitrogen and oxygen atoms in total. The predicted octanol–water partition coefficient (Wildman–Crippen LogP) is 2.50. The number of hydrogen-bond acceptors (Lipinski definition) is 3. The van der Waals surface area contributed by atoms with E-state index in [0.717, 1.165) is 11.3 Å². The van der Waals surface area contributed by atoms with E-state index < -0.39 is 11.4 Å². The topological polar surface area (TPSA) is 48.0 Å². The minimum Gasteiger partial charge on any atom is -0.598 e. The summed E-state index contributed by atoms with van der Waals surface area (Å²) in [5, 5.41) is 0. The van der Waals surface area contributed by atoms with Gasteiger partial charge in [-0.2, -0.15) is 0 Å². The van der Waals surface area contributed by atoms with Crippen molar-refractivity contribution in [2.45, 2.75) is 45.4 Å². The molecule has 0 aliphatic carbocycles. The minimum absolute atomic E-state index is 0.0498. The zero-order valence-corrected chi connectivity index (χ0v) is 11.4. The lowest BCUT2D eigenvalue weighted by molar-refractivity contribution is 0.530. The number of nitrogens with zero attached hydrogens (tertiary/aromatic N) is 1. The van der Waals surface area contributed by atoms with Crippen molar-refractivity contribution < 1.29 is 4.55 Å². The quantitative estimate of drug-likeness (QED) is 0.826. The van der Waals surface area contributed by atoms with Crippen LogP contribution in [0.5, 0.6) is 0 Å². The fraction of sp³-hybridized carbons (Fsp3) is 0.583. The lowest BCUT2D eigenvalue weighted by atomic mass is 10.1. The minimum atomic E-state index is -1.05. The lowest BCUT2D eigenvalue weighted by Gasteiger charge is -2.26. The highest BCUT2D eigenvalue weighted by Gasteiger charge is 2.28. The van der Waals surface area contributed by atoms with Crippen molar-refractivity contribution in [3.05, 3.63) is 29.6 Å². The van der Waals surface area contributed by atoms with Gasteiger partial charge in [0, 0.05) is 23.3 Å². The second kappa shape index (κ2) is 5.17. The third-order valence-corrected chi connectivity index (χ3v) is 4.03. The smallest absolute Gasteiger partial charge is 0.136 e. The van der Waals surface area contributed by atoms with E-state index in [0.29, 0.717) is 0 Å². The summed E-state index contributed by atoms with van der Waals surface area (Å²) in [6, 6.07) is 3.97. The SMILES string of the molecule is Cc1ncccc1C(C)N[S@@+]([O-])C(C)(C)C. The van der Waals surface area contributed by atoms with Crippen molar-refractivity contribution in [2.75, 3.05) is 0 Å². The molecule has 0 aromatic carbocycles. The van der Waals surface area contributed by atoms with Crippen LogP contribution < -0.4 is 4.72 Å². The van der Waals surface area contributed by atoms with E-state index in [-0.39, 0.29) is 10.8 Å². The molecule has 2 atom stereocenters. The molecule has 0 saturated heterocycles. The number of rotatable bonds is 3. The molecule has 0 radical (unpaired) electrons. The van der Waals surface area contributed by atoms with E-state index in [4.69, 9.17) is 0 Å². The van der Waals surface area contributed by atoms with Crippen LogP contribution in [0.2, 0.25) is 0 Å². The van der Waals surface area contributed by atoms with Crippen LogP contribution in [0.15, 0.2) is 18.3 Å². The Morgan fingerprint density at radius 2 is 2.06 bits per heavy atom. The van der Waals surface area contributed by atoms with Gasteiger partial charge < -0.3 is 4.55 Å². The molecule has 0 spiro atoms. The molecule has 4 heteroatoms. The molecule has 1 rings (SSSR count). The molecule has 16 heavy (non-hydrogen) atoms. The maximum Gasteiger partial charge on any atom is 0.136 e. The van der Waals surface area contributed by atoms with Crippen LogP contribution >= 0.6 is 0 Å². The Morgan fingerprint density at radius 1 is 1.44 bits per heavy atom. The van der Waals surface area contributed by atoms with Crippen molar-refractivity contribution in [3.63, 3.8) is 0 Å². The molecule has 0 bridgehead atoms. The standard InChI is InChI=1S/C12H20N2OS/c1-9-11(7-6-8-13-9)10(2)14-16(15)12(3,4)5/h6-8,10,14H,1-5H3/t10?,16-/m0/s1. The fourth-order valence-corrected chi connectivity index (χ4v) is 2.16. The Labute approximate surface area is 101 Å². The maximum absolute atomic E-state index is 11.9.